The van der Waals surface area contributed by atoms with E-state index in [2.05, 4.69) is 25.6 Å². The fourth-order valence-corrected chi connectivity index (χ4v) is 3.42. The first-order valence-corrected chi connectivity index (χ1v) is 9.07. The van der Waals surface area contributed by atoms with Crippen LogP contribution in [0.1, 0.15) is 20.8 Å². The van der Waals surface area contributed by atoms with Gasteiger partial charge in [0.05, 0.1) is 27.4 Å². The first-order valence-electron chi connectivity index (χ1n) is 7.93. The molecule has 0 bridgehead atoms. The molecule has 0 unspecified atom stereocenters. The van der Waals surface area contributed by atoms with E-state index in [-0.39, 0.29) is 43.5 Å². The van der Waals surface area contributed by atoms with Gasteiger partial charge in [-0.15, -0.1) is 0 Å². The Morgan fingerprint density at radius 2 is 1.97 bits per heavy atom. The molecule has 4 aromatic rings. The van der Waals surface area contributed by atoms with Crippen molar-refractivity contribution in [3.63, 3.8) is 0 Å². The minimum atomic E-state index is -1.30. The number of nitrogens with zero attached hydrogens (tertiary/aromatic N) is 4. The molecule has 0 atom stereocenters. The molecule has 0 radical (unpaired) electrons. The van der Waals surface area contributed by atoms with Crippen molar-refractivity contribution in [1.29, 1.82) is 0 Å². The predicted molar refractivity (Wildman–Crippen MR) is 107 cm³/mol. The van der Waals surface area contributed by atoms with E-state index < -0.39 is 11.9 Å². The number of carbonyl (C=O) groups is 2. The number of halogens is 3. The number of H-pyrrole nitrogens is 1. The van der Waals surface area contributed by atoms with Gasteiger partial charge in [-0.25, -0.2) is 14.5 Å². The van der Waals surface area contributed by atoms with E-state index in [1.54, 1.807) is 12.1 Å². The zero-order valence-electron chi connectivity index (χ0n) is 14.2. The van der Waals surface area contributed by atoms with Crippen molar-refractivity contribution in [2.24, 2.45) is 0 Å². The van der Waals surface area contributed by atoms with Crippen molar-refractivity contribution >= 4 is 63.3 Å². The normalized spacial score (nSPS) is 11.0. The lowest BCUT2D eigenvalue weighted by atomic mass is 10.1. The molecular formula is C17H9Cl3N6O3. The summed E-state index contributed by atoms with van der Waals surface area (Å²) in [5, 5.41) is 23.4. The maximum Gasteiger partial charge on any atom is 0.340 e. The van der Waals surface area contributed by atoms with Crippen LogP contribution >= 0.6 is 34.8 Å². The number of rotatable bonds is 4. The molecule has 3 N–H and O–H groups in total. The Morgan fingerprint density at radius 1 is 1.17 bits per heavy atom. The maximum absolute atomic E-state index is 13.0. The van der Waals surface area contributed by atoms with Crippen LogP contribution in [0.5, 0.6) is 0 Å². The number of carboxylic acid groups (broad SMARTS) is 1. The lowest BCUT2D eigenvalue weighted by molar-refractivity contribution is 0.0700. The van der Waals surface area contributed by atoms with Crippen molar-refractivity contribution in [2.75, 3.05) is 5.32 Å². The van der Waals surface area contributed by atoms with Crippen LogP contribution in [0.25, 0.3) is 16.7 Å². The molecule has 1 amide bonds. The van der Waals surface area contributed by atoms with Gasteiger partial charge in [0.2, 0.25) is 0 Å². The van der Waals surface area contributed by atoms with Gasteiger partial charge in [-0.2, -0.15) is 10.2 Å². The van der Waals surface area contributed by atoms with Crippen LogP contribution in [0, 0.1) is 0 Å². The van der Waals surface area contributed by atoms with Gasteiger partial charge < -0.3 is 10.4 Å². The summed E-state index contributed by atoms with van der Waals surface area (Å²) in [5.41, 5.74) is -0.132. The molecule has 0 aliphatic carbocycles. The van der Waals surface area contributed by atoms with Crippen LogP contribution in [0.4, 0.5) is 5.69 Å². The highest BCUT2D eigenvalue weighted by atomic mass is 35.5. The molecule has 4 rings (SSSR count). The Labute approximate surface area is 177 Å². The Hall–Kier alpha value is -3.14. The lowest BCUT2D eigenvalue weighted by Crippen LogP contribution is -2.19. The van der Waals surface area contributed by atoms with E-state index in [4.69, 9.17) is 34.8 Å². The number of hydrogen-bond acceptors (Lipinski definition) is 5. The summed E-state index contributed by atoms with van der Waals surface area (Å²) in [6.07, 6.45) is 2.90. The highest BCUT2D eigenvalue weighted by Crippen LogP contribution is 2.33. The van der Waals surface area contributed by atoms with Gasteiger partial charge in [0.15, 0.2) is 11.0 Å². The SMILES string of the molecule is O=C(O)c1c(NC(=O)c2cc(Cl)nn2-c2ncccc2Cl)c(Cl)cc2cn[nH]c12. The Kier molecular flexibility index (Phi) is 4.87. The number of benzene rings is 1. The van der Waals surface area contributed by atoms with E-state index in [1.165, 1.54) is 24.5 Å². The summed E-state index contributed by atoms with van der Waals surface area (Å²) < 4.78 is 1.16. The number of aromatic amines is 1. The van der Waals surface area contributed by atoms with Gasteiger partial charge in [0, 0.05) is 17.6 Å². The van der Waals surface area contributed by atoms with Gasteiger partial charge >= 0.3 is 5.97 Å². The largest absolute Gasteiger partial charge is 0.478 e. The Morgan fingerprint density at radius 3 is 2.69 bits per heavy atom. The molecule has 0 spiro atoms. The second kappa shape index (κ2) is 7.36. The van der Waals surface area contributed by atoms with Gasteiger partial charge in [-0.05, 0) is 18.2 Å². The van der Waals surface area contributed by atoms with Crippen LogP contribution in [-0.4, -0.2) is 41.9 Å². The topological polar surface area (TPSA) is 126 Å². The number of anilines is 1. The standard InChI is InChI=1S/C17H9Cl3N6O3/c18-8-2-1-3-21-15(8)26-10(5-11(20)25-26)16(27)23-14-9(19)4-7-6-22-24-13(7)12(14)17(28)29/h1-6H,(H,22,24)(H,23,27)(H,28,29). The summed E-state index contributed by atoms with van der Waals surface area (Å²) in [6, 6.07) is 5.98. The first kappa shape index (κ1) is 19.2. The van der Waals surface area contributed by atoms with E-state index in [0.29, 0.717) is 5.39 Å². The van der Waals surface area contributed by atoms with Gasteiger partial charge in [-0.1, -0.05) is 34.8 Å². The summed E-state index contributed by atoms with van der Waals surface area (Å²) in [7, 11) is 0. The van der Waals surface area contributed by atoms with Crippen molar-refractivity contribution in [3.8, 4) is 5.82 Å². The number of pyridine rings is 1. The van der Waals surface area contributed by atoms with Crippen LogP contribution in [-0.2, 0) is 0 Å². The number of aromatic nitrogens is 5. The van der Waals surface area contributed by atoms with Crippen LogP contribution < -0.4 is 5.32 Å². The zero-order valence-corrected chi connectivity index (χ0v) is 16.4. The average Bonchev–Trinajstić information content (AvgIpc) is 3.28. The van der Waals surface area contributed by atoms with Crippen LogP contribution in [0.2, 0.25) is 15.2 Å². The fraction of sp³-hybridized carbons (Fsp3) is 0. The second-order valence-corrected chi connectivity index (χ2v) is 6.98. The molecule has 3 aromatic heterocycles. The van der Waals surface area contributed by atoms with E-state index in [1.807, 2.05) is 0 Å². The van der Waals surface area contributed by atoms with Crippen molar-refractivity contribution in [2.45, 2.75) is 0 Å². The third-order valence-corrected chi connectivity index (χ3v) is 4.77. The van der Waals surface area contributed by atoms with E-state index in [9.17, 15) is 14.7 Å². The second-order valence-electron chi connectivity index (χ2n) is 5.77. The average molecular weight is 452 g/mol. The molecule has 146 valence electrons. The Balaban J connectivity index is 1.81. The third-order valence-electron chi connectivity index (χ3n) is 3.99. The molecule has 0 saturated heterocycles. The number of carbonyl (C=O) groups excluding carboxylic acids is 1. The number of hydrogen-bond donors (Lipinski definition) is 3. The Bertz CT molecular complexity index is 1280. The van der Waals surface area contributed by atoms with Crippen LogP contribution in [0.3, 0.4) is 0 Å². The summed E-state index contributed by atoms with van der Waals surface area (Å²) in [4.78, 5) is 28.9. The molecule has 0 fully saturated rings. The molecule has 0 saturated carbocycles. The highest BCUT2D eigenvalue weighted by Gasteiger charge is 2.24. The number of amides is 1. The van der Waals surface area contributed by atoms with Crippen LogP contribution in [0.15, 0.2) is 36.7 Å². The number of carboxylic acids is 1. The molecular weight excluding hydrogens is 443 g/mol. The highest BCUT2D eigenvalue weighted by molar-refractivity contribution is 6.36. The lowest BCUT2D eigenvalue weighted by Gasteiger charge is -2.12. The maximum atomic E-state index is 13.0. The van der Waals surface area contributed by atoms with Crippen molar-refractivity contribution in [3.05, 3.63) is 63.1 Å². The first-order chi connectivity index (χ1) is 13.9. The number of aromatic carboxylic acids is 1. The quantitative estimate of drug-likeness (QED) is 0.430. The minimum absolute atomic E-state index is 0.0189. The smallest absolute Gasteiger partial charge is 0.340 e. The van der Waals surface area contributed by atoms with E-state index in [0.717, 1.165) is 4.68 Å². The van der Waals surface area contributed by atoms with Crippen molar-refractivity contribution in [1.82, 2.24) is 25.0 Å². The molecule has 0 aliphatic rings. The van der Waals surface area contributed by atoms with Gasteiger partial charge in [0.25, 0.3) is 5.91 Å². The molecule has 12 heteroatoms. The molecule has 29 heavy (non-hydrogen) atoms. The van der Waals surface area contributed by atoms with E-state index >= 15 is 0 Å². The summed E-state index contributed by atoms with van der Waals surface area (Å²) >= 11 is 18.3. The predicted octanol–water partition coefficient (Wildman–Crippen LogP) is 4.05. The molecule has 3 heterocycles. The number of fused-ring (bicyclic) bond motifs is 1. The number of nitrogens with one attached hydrogen (secondary N) is 2. The van der Waals surface area contributed by atoms with Gasteiger partial charge in [-0.3, -0.25) is 9.89 Å². The molecule has 9 nitrogen and oxygen atoms in total. The third kappa shape index (κ3) is 3.39. The molecule has 1 aromatic carbocycles. The zero-order chi connectivity index (χ0) is 20.7. The van der Waals surface area contributed by atoms with Crippen molar-refractivity contribution < 1.29 is 14.7 Å². The molecule has 0 aliphatic heterocycles. The summed E-state index contributed by atoms with van der Waals surface area (Å²) in [5.74, 6) is -1.83. The fourth-order valence-electron chi connectivity index (χ4n) is 2.78. The minimum Gasteiger partial charge on any atom is -0.478 e. The monoisotopic (exact) mass is 450 g/mol. The van der Waals surface area contributed by atoms with Gasteiger partial charge in [0.1, 0.15) is 11.3 Å². The summed E-state index contributed by atoms with van der Waals surface area (Å²) in [6.45, 7) is 0.